The van der Waals surface area contributed by atoms with Gasteiger partial charge in [0.1, 0.15) is 6.61 Å². The van der Waals surface area contributed by atoms with Crippen LogP contribution in [0.2, 0.25) is 5.02 Å². The summed E-state index contributed by atoms with van der Waals surface area (Å²) in [5, 5.41) is 4.71. The van der Waals surface area contributed by atoms with Crippen molar-refractivity contribution < 1.29 is 9.53 Å². The third-order valence-corrected chi connectivity index (χ3v) is 4.40. The normalized spacial score (nSPS) is 10.5. The molecule has 0 aliphatic heterocycles. The maximum Gasteiger partial charge on any atom is 0.310 e. The topological polar surface area (TPSA) is 26.3 Å². The number of halogens is 1. The standard InChI is InChI=1S/C19H15ClO2S/c20-17-7-6-15(18(11-17)16-8-9-23-13-16)10-19(21)22-12-14-4-2-1-3-5-14/h1-9,11,13H,10,12H2. The van der Waals surface area contributed by atoms with Crippen LogP contribution in [0.4, 0.5) is 0 Å². The lowest BCUT2D eigenvalue weighted by molar-refractivity contribution is -0.144. The van der Waals surface area contributed by atoms with Crippen molar-refractivity contribution in [2.75, 3.05) is 0 Å². The van der Waals surface area contributed by atoms with E-state index in [0.717, 1.165) is 22.3 Å². The molecular weight excluding hydrogens is 328 g/mol. The average Bonchev–Trinajstić information content (AvgIpc) is 3.10. The van der Waals surface area contributed by atoms with Crippen molar-refractivity contribution in [3.63, 3.8) is 0 Å². The van der Waals surface area contributed by atoms with E-state index in [2.05, 4.69) is 0 Å². The SMILES string of the molecule is O=C(Cc1ccc(Cl)cc1-c1ccsc1)OCc1ccccc1. The molecule has 0 bridgehead atoms. The first kappa shape index (κ1) is 15.8. The average molecular weight is 343 g/mol. The Labute approximate surface area is 144 Å². The molecule has 0 saturated carbocycles. The lowest BCUT2D eigenvalue weighted by Gasteiger charge is -2.09. The highest BCUT2D eigenvalue weighted by atomic mass is 35.5. The molecule has 0 unspecified atom stereocenters. The lowest BCUT2D eigenvalue weighted by atomic mass is 10.00. The molecule has 1 heterocycles. The van der Waals surface area contributed by atoms with Crippen molar-refractivity contribution in [2.24, 2.45) is 0 Å². The largest absolute Gasteiger partial charge is 0.461 e. The quantitative estimate of drug-likeness (QED) is 0.584. The number of benzene rings is 2. The molecule has 1 aromatic heterocycles. The lowest BCUT2D eigenvalue weighted by Crippen LogP contribution is -2.08. The highest BCUT2D eigenvalue weighted by molar-refractivity contribution is 7.08. The second-order valence-electron chi connectivity index (χ2n) is 5.14. The molecular formula is C19H15ClO2S. The molecule has 23 heavy (non-hydrogen) atoms. The molecule has 0 amide bonds. The van der Waals surface area contributed by atoms with Crippen LogP contribution < -0.4 is 0 Å². The van der Waals surface area contributed by atoms with Crippen LogP contribution in [-0.2, 0) is 22.6 Å². The van der Waals surface area contributed by atoms with Gasteiger partial charge in [-0.2, -0.15) is 11.3 Å². The van der Waals surface area contributed by atoms with Crippen LogP contribution in [0.1, 0.15) is 11.1 Å². The van der Waals surface area contributed by atoms with E-state index in [1.165, 1.54) is 0 Å². The second-order valence-corrected chi connectivity index (χ2v) is 6.35. The van der Waals surface area contributed by atoms with Gasteiger partial charge in [-0.1, -0.05) is 48.0 Å². The molecule has 0 N–H and O–H groups in total. The van der Waals surface area contributed by atoms with Gasteiger partial charge < -0.3 is 4.74 Å². The molecule has 0 aliphatic carbocycles. The van der Waals surface area contributed by atoms with Crippen molar-refractivity contribution in [3.05, 3.63) is 81.5 Å². The summed E-state index contributed by atoms with van der Waals surface area (Å²) >= 11 is 7.71. The van der Waals surface area contributed by atoms with Crippen molar-refractivity contribution in [2.45, 2.75) is 13.0 Å². The Morgan fingerprint density at radius 3 is 2.65 bits per heavy atom. The third-order valence-electron chi connectivity index (χ3n) is 3.48. The number of ether oxygens (including phenoxy) is 1. The second kappa shape index (κ2) is 7.44. The first-order valence-corrected chi connectivity index (χ1v) is 8.55. The predicted octanol–water partition coefficient (Wildman–Crippen LogP) is 5.35. The maximum atomic E-state index is 12.1. The summed E-state index contributed by atoms with van der Waals surface area (Å²) < 4.78 is 5.37. The minimum atomic E-state index is -0.243. The molecule has 0 fully saturated rings. The summed E-state index contributed by atoms with van der Waals surface area (Å²) in [6, 6.07) is 17.3. The number of carbonyl (C=O) groups excluding carboxylic acids is 1. The zero-order chi connectivity index (χ0) is 16.1. The number of hydrogen-bond acceptors (Lipinski definition) is 3. The number of rotatable bonds is 5. The fraction of sp³-hybridized carbons (Fsp3) is 0.105. The maximum absolute atomic E-state index is 12.1. The smallest absolute Gasteiger partial charge is 0.310 e. The molecule has 0 atom stereocenters. The zero-order valence-electron chi connectivity index (χ0n) is 12.4. The highest BCUT2D eigenvalue weighted by Crippen LogP contribution is 2.29. The van der Waals surface area contributed by atoms with Crippen LogP contribution >= 0.6 is 22.9 Å². The Kier molecular flexibility index (Phi) is 5.11. The Hall–Kier alpha value is -2.10. The minimum Gasteiger partial charge on any atom is -0.461 e. The molecule has 3 aromatic rings. The molecule has 116 valence electrons. The van der Waals surface area contributed by atoms with E-state index in [1.54, 1.807) is 17.4 Å². The summed E-state index contributed by atoms with van der Waals surface area (Å²) in [5.74, 6) is -0.243. The summed E-state index contributed by atoms with van der Waals surface area (Å²) in [6.45, 7) is 0.293. The molecule has 2 nitrogen and oxygen atoms in total. The Morgan fingerprint density at radius 2 is 1.91 bits per heavy atom. The van der Waals surface area contributed by atoms with Gasteiger partial charge in [0.2, 0.25) is 0 Å². The van der Waals surface area contributed by atoms with Crippen LogP contribution in [0.3, 0.4) is 0 Å². The van der Waals surface area contributed by atoms with Gasteiger partial charge in [-0.3, -0.25) is 4.79 Å². The van der Waals surface area contributed by atoms with E-state index < -0.39 is 0 Å². The van der Waals surface area contributed by atoms with Gasteiger partial charge in [0, 0.05) is 5.02 Å². The fourth-order valence-electron chi connectivity index (χ4n) is 2.33. The van der Waals surface area contributed by atoms with Gasteiger partial charge in [0.25, 0.3) is 0 Å². The Morgan fingerprint density at radius 1 is 1.09 bits per heavy atom. The molecule has 0 spiro atoms. The zero-order valence-corrected chi connectivity index (χ0v) is 13.9. The molecule has 0 saturated heterocycles. The van der Waals surface area contributed by atoms with Gasteiger partial charge >= 0.3 is 5.97 Å². The van der Waals surface area contributed by atoms with Crippen molar-refractivity contribution in [3.8, 4) is 11.1 Å². The van der Waals surface area contributed by atoms with E-state index in [9.17, 15) is 4.79 Å². The third kappa shape index (κ3) is 4.21. The van der Waals surface area contributed by atoms with Gasteiger partial charge in [-0.25, -0.2) is 0 Å². The molecule has 0 radical (unpaired) electrons. The van der Waals surface area contributed by atoms with E-state index in [0.29, 0.717) is 11.6 Å². The number of hydrogen-bond donors (Lipinski definition) is 0. The van der Waals surface area contributed by atoms with Crippen molar-refractivity contribution in [1.29, 1.82) is 0 Å². The van der Waals surface area contributed by atoms with Gasteiger partial charge in [-0.05, 0) is 51.2 Å². The van der Waals surface area contributed by atoms with Gasteiger partial charge in [0.05, 0.1) is 6.42 Å². The minimum absolute atomic E-state index is 0.231. The molecule has 3 rings (SSSR count). The fourth-order valence-corrected chi connectivity index (χ4v) is 3.16. The number of thiophene rings is 1. The Balaban J connectivity index is 1.71. The van der Waals surface area contributed by atoms with Crippen LogP contribution in [0, 0.1) is 0 Å². The van der Waals surface area contributed by atoms with Gasteiger partial charge in [0.15, 0.2) is 0 Å². The first-order chi connectivity index (χ1) is 11.2. The van der Waals surface area contributed by atoms with Crippen LogP contribution in [0.5, 0.6) is 0 Å². The summed E-state index contributed by atoms with van der Waals surface area (Å²) in [7, 11) is 0. The summed E-state index contributed by atoms with van der Waals surface area (Å²) in [6.07, 6.45) is 0.231. The summed E-state index contributed by atoms with van der Waals surface area (Å²) in [4.78, 5) is 12.1. The van der Waals surface area contributed by atoms with Gasteiger partial charge in [-0.15, -0.1) is 0 Å². The van der Waals surface area contributed by atoms with Crippen molar-refractivity contribution >= 4 is 28.9 Å². The first-order valence-electron chi connectivity index (χ1n) is 7.23. The van der Waals surface area contributed by atoms with E-state index in [4.69, 9.17) is 16.3 Å². The molecule has 2 aromatic carbocycles. The predicted molar refractivity (Wildman–Crippen MR) is 94.7 cm³/mol. The van der Waals surface area contributed by atoms with E-state index in [-0.39, 0.29) is 12.4 Å². The van der Waals surface area contributed by atoms with Crippen LogP contribution in [0.15, 0.2) is 65.4 Å². The Bertz CT molecular complexity index is 782. The van der Waals surface area contributed by atoms with E-state index in [1.807, 2.05) is 59.3 Å². The monoisotopic (exact) mass is 342 g/mol. The van der Waals surface area contributed by atoms with E-state index >= 15 is 0 Å². The summed E-state index contributed by atoms with van der Waals surface area (Å²) in [5.41, 5.74) is 3.96. The number of carbonyl (C=O) groups is 1. The van der Waals surface area contributed by atoms with Crippen LogP contribution in [0.25, 0.3) is 11.1 Å². The molecule has 0 aliphatic rings. The molecule has 4 heteroatoms. The highest BCUT2D eigenvalue weighted by Gasteiger charge is 2.12. The van der Waals surface area contributed by atoms with Crippen molar-refractivity contribution in [1.82, 2.24) is 0 Å². The number of esters is 1. The van der Waals surface area contributed by atoms with Crippen LogP contribution in [-0.4, -0.2) is 5.97 Å².